The molecule has 19 heteroatoms. The van der Waals surface area contributed by atoms with E-state index in [0.29, 0.717) is 32.1 Å². The predicted molar refractivity (Wildman–Crippen MR) is 408 cm³/mol. The van der Waals surface area contributed by atoms with Gasteiger partial charge in [0.25, 0.3) is 0 Å². The van der Waals surface area contributed by atoms with Crippen molar-refractivity contribution in [2.24, 2.45) is 0 Å². The Balaban J connectivity index is 5.40. The maximum atomic E-state index is 13.1. The molecule has 0 rings (SSSR count). The van der Waals surface area contributed by atoms with Gasteiger partial charge in [0.2, 0.25) is 0 Å². The molecule has 0 heterocycles. The normalized spacial score (nSPS) is 14.6. The third-order valence-electron chi connectivity index (χ3n) is 15.9. The summed E-state index contributed by atoms with van der Waals surface area (Å²) in [6.07, 6.45) is 79.1. The molecular formula is C81H138O17P2. The van der Waals surface area contributed by atoms with Gasteiger partial charge < -0.3 is 33.8 Å². The molecule has 0 bridgehead atoms. The van der Waals surface area contributed by atoms with E-state index in [0.717, 1.165) is 148 Å². The van der Waals surface area contributed by atoms with E-state index in [4.69, 9.17) is 37.0 Å². The average Bonchev–Trinajstić information content (AvgIpc) is 0.953. The van der Waals surface area contributed by atoms with Crippen LogP contribution in [0, 0.1) is 0 Å². The number of rotatable bonds is 72. The highest BCUT2D eigenvalue weighted by molar-refractivity contribution is 7.47. The van der Waals surface area contributed by atoms with Crippen LogP contribution in [0.1, 0.15) is 310 Å². The van der Waals surface area contributed by atoms with Crippen LogP contribution in [0.3, 0.4) is 0 Å². The third-order valence-corrected chi connectivity index (χ3v) is 17.8. The molecule has 574 valence electrons. The van der Waals surface area contributed by atoms with Crippen molar-refractivity contribution in [3.05, 3.63) is 122 Å². The fraction of sp³-hybridized carbons (Fsp3) is 0.704. The molecule has 0 amide bonds. The summed E-state index contributed by atoms with van der Waals surface area (Å²) in [7, 11) is -9.98. The van der Waals surface area contributed by atoms with E-state index in [2.05, 4.69) is 131 Å². The third kappa shape index (κ3) is 71.8. The Hall–Kier alpha value is -4.54. The van der Waals surface area contributed by atoms with Crippen molar-refractivity contribution in [1.29, 1.82) is 0 Å². The molecule has 0 fully saturated rings. The number of aliphatic hydroxyl groups is 1. The lowest BCUT2D eigenvalue weighted by Gasteiger charge is -2.21. The number of esters is 4. The number of carbonyl (C=O) groups excluding carboxylic acids is 4. The highest BCUT2D eigenvalue weighted by Gasteiger charge is 2.30. The second kappa shape index (κ2) is 72.8. The fourth-order valence-corrected chi connectivity index (χ4v) is 11.6. The van der Waals surface area contributed by atoms with Crippen molar-refractivity contribution in [3.8, 4) is 0 Å². The van der Waals surface area contributed by atoms with Gasteiger partial charge in [0.05, 0.1) is 26.4 Å². The molecule has 0 spiro atoms. The van der Waals surface area contributed by atoms with E-state index >= 15 is 0 Å². The minimum absolute atomic E-state index is 0.0355. The van der Waals surface area contributed by atoms with Crippen molar-refractivity contribution in [3.63, 3.8) is 0 Å². The molecule has 0 aromatic heterocycles. The SMILES string of the molecule is CC/C=C\C/C=C\C/C=C\C/C=C\C/C=C\C/C=C\CCC(=O)OCC(COP(=O)(O)OCC(O)COP(=O)(O)OCC(COC(=O)CCCCCCC/C=C\C/C=C\CCCCC)OC(=O)CCCCCCC/C=C\C/C=C\CCCCC)OC(=O)CCCCCCCCCCCCC. The first-order valence-electron chi connectivity index (χ1n) is 38.8. The summed E-state index contributed by atoms with van der Waals surface area (Å²) in [5.74, 6) is -2.30. The number of hydrogen-bond acceptors (Lipinski definition) is 15. The molecular weight excluding hydrogens is 1310 g/mol. The smallest absolute Gasteiger partial charge is 0.462 e. The van der Waals surface area contributed by atoms with E-state index in [1.165, 1.54) is 77.0 Å². The maximum Gasteiger partial charge on any atom is 0.472 e. The zero-order valence-electron chi connectivity index (χ0n) is 62.6. The Morgan fingerprint density at radius 3 is 0.880 bits per heavy atom. The van der Waals surface area contributed by atoms with Crippen LogP contribution in [-0.4, -0.2) is 96.7 Å². The highest BCUT2D eigenvalue weighted by atomic mass is 31.2. The predicted octanol–water partition coefficient (Wildman–Crippen LogP) is 22.3. The molecule has 5 unspecified atom stereocenters. The molecule has 0 aliphatic carbocycles. The Labute approximate surface area is 606 Å². The Kier molecular flexibility index (Phi) is 69.5. The summed E-state index contributed by atoms with van der Waals surface area (Å²) in [5, 5.41) is 10.6. The van der Waals surface area contributed by atoms with Gasteiger partial charge in [0.15, 0.2) is 12.2 Å². The largest absolute Gasteiger partial charge is 0.472 e. The number of ether oxygens (including phenoxy) is 4. The Morgan fingerprint density at radius 1 is 0.290 bits per heavy atom. The van der Waals surface area contributed by atoms with Gasteiger partial charge in [-0.3, -0.25) is 37.3 Å². The molecule has 0 aromatic carbocycles. The van der Waals surface area contributed by atoms with Gasteiger partial charge in [0.1, 0.15) is 19.3 Å². The second-order valence-electron chi connectivity index (χ2n) is 25.6. The minimum atomic E-state index is -4.99. The minimum Gasteiger partial charge on any atom is -0.462 e. The van der Waals surface area contributed by atoms with Crippen molar-refractivity contribution < 1.29 is 80.2 Å². The average molecular weight is 1450 g/mol. The van der Waals surface area contributed by atoms with E-state index in [1.807, 2.05) is 18.2 Å². The molecule has 100 heavy (non-hydrogen) atoms. The first-order chi connectivity index (χ1) is 48.7. The molecule has 17 nitrogen and oxygen atoms in total. The number of aliphatic hydroxyl groups excluding tert-OH is 1. The molecule has 0 radical (unpaired) electrons. The summed E-state index contributed by atoms with van der Waals surface area (Å²) in [6.45, 7) is 4.59. The van der Waals surface area contributed by atoms with Crippen LogP contribution in [-0.2, 0) is 65.4 Å². The summed E-state index contributed by atoms with van der Waals surface area (Å²) in [6, 6.07) is 0. The summed E-state index contributed by atoms with van der Waals surface area (Å²) >= 11 is 0. The summed E-state index contributed by atoms with van der Waals surface area (Å²) < 4.78 is 68.4. The zero-order valence-corrected chi connectivity index (χ0v) is 64.4. The highest BCUT2D eigenvalue weighted by Crippen LogP contribution is 2.45. The van der Waals surface area contributed by atoms with Crippen LogP contribution in [0.4, 0.5) is 0 Å². The standard InChI is InChI=1S/C81H138O17P2/c1-5-9-13-17-21-25-29-32-35-36-37-38-41-43-47-50-54-58-62-66-79(84)91-71-76(97-80(85)67-63-59-55-51-45-28-24-20-16-12-8-4)73-95-99(87,88)93-69-75(82)70-94-100(89,90)96-74-77(98-81(86)68-64-60-56-52-48-44-40-34-31-27-23-19-15-11-7-3)72-92-78(83)65-61-57-53-49-46-42-39-33-30-26-22-18-14-10-6-2/h9,13,21-23,25-27,32-35,37-40,43,47,54,58,75-77,82H,5-8,10-12,14-20,24,28-31,36,41-42,44-46,48-53,55-57,59-74H2,1-4H3,(H,87,88)(H,89,90)/b13-9-,25-21-,26-22-,27-23-,35-32-,38-37-,39-33-,40-34-,47-43-,58-54-. The van der Waals surface area contributed by atoms with Gasteiger partial charge in [-0.15, -0.1) is 0 Å². The second-order valence-corrected chi connectivity index (χ2v) is 28.5. The number of hydrogen-bond donors (Lipinski definition) is 3. The van der Waals surface area contributed by atoms with Crippen LogP contribution in [0.15, 0.2) is 122 Å². The lowest BCUT2D eigenvalue weighted by atomic mass is 10.1. The van der Waals surface area contributed by atoms with Crippen LogP contribution in [0.25, 0.3) is 0 Å². The number of unbranched alkanes of at least 4 members (excludes halogenated alkanes) is 26. The van der Waals surface area contributed by atoms with Crippen LogP contribution >= 0.6 is 15.6 Å². The van der Waals surface area contributed by atoms with Gasteiger partial charge in [0, 0.05) is 25.7 Å². The molecule has 5 atom stereocenters. The number of allylic oxidation sites excluding steroid dienone is 20. The maximum absolute atomic E-state index is 13.1. The Bertz CT molecular complexity index is 2370. The quantitative estimate of drug-likeness (QED) is 0.0169. The van der Waals surface area contributed by atoms with E-state index < -0.39 is 97.5 Å². The van der Waals surface area contributed by atoms with Gasteiger partial charge in [-0.05, 0) is 128 Å². The fourth-order valence-electron chi connectivity index (χ4n) is 10.0. The van der Waals surface area contributed by atoms with Gasteiger partial charge in [-0.1, -0.05) is 278 Å². The van der Waals surface area contributed by atoms with Crippen LogP contribution in [0.2, 0.25) is 0 Å². The number of phosphoric ester groups is 2. The number of phosphoric acid groups is 2. The molecule has 0 saturated heterocycles. The van der Waals surface area contributed by atoms with Crippen molar-refractivity contribution in [2.75, 3.05) is 39.6 Å². The summed E-state index contributed by atoms with van der Waals surface area (Å²) in [5.41, 5.74) is 0. The van der Waals surface area contributed by atoms with Crippen molar-refractivity contribution >= 4 is 39.5 Å². The first-order valence-corrected chi connectivity index (χ1v) is 41.8. The van der Waals surface area contributed by atoms with Crippen LogP contribution < -0.4 is 0 Å². The lowest BCUT2D eigenvalue weighted by Crippen LogP contribution is -2.30. The lowest BCUT2D eigenvalue weighted by molar-refractivity contribution is -0.161. The van der Waals surface area contributed by atoms with Crippen molar-refractivity contribution in [1.82, 2.24) is 0 Å². The zero-order chi connectivity index (χ0) is 73.2. The van der Waals surface area contributed by atoms with Crippen molar-refractivity contribution in [2.45, 2.75) is 329 Å². The van der Waals surface area contributed by atoms with E-state index in [1.54, 1.807) is 0 Å². The molecule has 0 aliphatic heterocycles. The van der Waals surface area contributed by atoms with Crippen LogP contribution in [0.5, 0.6) is 0 Å². The van der Waals surface area contributed by atoms with E-state index in [-0.39, 0.29) is 25.7 Å². The first kappa shape index (κ1) is 95.5. The van der Waals surface area contributed by atoms with Gasteiger partial charge in [-0.25, -0.2) is 9.13 Å². The molecule has 0 aromatic rings. The Morgan fingerprint density at radius 2 is 0.540 bits per heavy atom. The van der Waals surface area contributed by atoms with E-state index in [9.17, 15) is 43.2 Å². The monoisotopic (exact) mass is 1440 g/mol. The summed E-state index contributed by atoms with van der Waals surface area (Å²) in [4.78, 5) is 72.8. The molecule has 0 aliphatic rings. The van der Waals surface area contributed by atoms with Gasteiger partial charge >= 0.3 is 39.5 Å². The van der Waals surface area contributed by atoms with Gasteiger partial charge in [-0.2, -0.15) is 0 Å². The molecule has 3 N–H and O–H groups in total. The topological polar surface area (TPSA) is 237 Å². The number of carbonyl (C=O) groups is 4. The molecule has 0 saturated carbocycles.